The van der Waals surface area contributed by atoms with Crippen LogP contribution in [0.1, 0.15) is 17.9 Å². The molecule has 1 aliphatic rings. The maximum Gasteiger partial charge on any atom is 0.261 e. The highest BCUT2D eigenvalue weighted by atomic mass is 32.1. The number of nitrogens with zero attached hydrogens (tertiary/aromatic N) is 1. The zero-order valence-corrected chi connectivity index (χ0v) is 9.88. The average molecular weight is 262 g/mol. The van der Waals surface area contributed by atoms with Gasteiger partial charge in [-0.25, -0.2) is 4.39 Å². The van der Waals surface area contributed by atoms with Gasteiger partial charge in [-0.05, 0) is 18.3 Å². The van der Waals surface area contributed by atoms with Gasteiger partial charge in [0.1, 0.15) is 5.69 Å². The van der Waals surface area contributed by atoms with E-state index in [4.69, 9.17) is 11.3 Å². The fourth-order valence-electron chi connectivity index (χ4n) is 1.69. The first-order valence-electron chi connectivity index (χ1n) is 4.99. The van der Waals surface area contributed by atoms with Crippen molar-refractivity contribution in [3.63, 3.8) is 0 Å². The van der Waals surface area contributed by atoms with Gasteiger partial charge < -0.3 is 4.84 Å². The summed E-state index contributed by atoms with van der Waals surface area (Å²) in [5, 5.41) is 2.08. The summed E-state index contributed by atoms with van der Waals surface area (Å²) in [4.78, 5) is 20.1. The van der Waals surface area contributed by atoms with Crippen molar-refractivity contribution in [1.29, 1.82) is 0 Å². The van der Waals surface area contributed by atoms with Crippen LogP contribution in [0.2, 0.25) is 0 Å². The highest BCUT2D eigenvalue weighted by Gasteiger charge is 2.30. The van der Waals surface area contributed by atoms with Crippen LogP contribution in [-0.4, -0.2) is 11.1 Å². The molecule has 0 saturated carbocycles. The minimum atomic E-state index is -0.610. The molecule has 1 amide bonds. The van der Waals surface area contributed by atoms with Gasteiger partial charge in [0.05, 0.1) is 11.1 Å². The Labute approximate surface area is 108 Å². The fraction of sp³-hybridized carbons (Fsp3) is 0.167. The van der Waals surface area contributed by atoms with Crippen molar-refractivity contribution in [2.45, 2.75) is 12.3 Å². The smallest absolute Gasteiger partial charge is 0.261 e. The maximum atomic E-state index is 13.6. The quantitative estimate of drug-likeness (QED) is 0.504. The van der Waals surface area contributed by atoms with Gasteiger partial charge in [0.2, 0.25) is 0 Å². The number of hydroxylamine groups is 1. The number of isothiocyanates is 1. The summed E-state index contributed by atoms with van der Waals surface area (Å²) < 4.78 is 13.6. The minimum absolute atomic E-state index is 0.00377. The molecule has 1 aromatic carbocycles. The molecule has 0 fully saturated rings. The first-order chi connectivity index (χ1) is 8.67. The number of amides is 1. The number of fused-ring (bicyclic) bond motifs is 1. The zero-order valence-electron chi connectivity index (χ0n) is 9.07. The Balaban J connectivity index is 2.56. The van der Waals surface area contributed by atoms with Crippen LogP contribution in [0.25, 0.3) is 0 Å². The fourth-order valence-corrected chi connectivity index (χ4v) is 1.79. The summed E-state index contributed by atoms with van der Waals surface area (Å²) in [5.41, 5.74) is 2.68. The summed E-state index contributed by atoms with van der Waals surface area (Å²) in [5.74, 6) is 1.05. The topological polar surface area (TPSA) is 50.7 Å². The molecule has 2 rings (SSSR count). The number of nitrogens with one attached hydrogen (secondary N) is 1. The van der Waals surface area contributed by atoms with E-state index in [1.165, 1.54) is 6.07 Å². The first kappa shape index (κ1) is 12.2. The molecule has 90 valence electrons. The standard InChI is InChI=1S/C12H7FN2O2S/c1-2-3-7-8-4-10(14-6-18)9(13)5-11(8)17-15-12(7)16/h1,4-5,7H,3H2,(H,15,16). The van der Waals surface area contributed by atoms with Crippen molar-refractivity contribution in [1.82, 2.24) is 5.48 Å². The lowest BCUT2D eigenvalue weighted by Gasteiger charge is -2.23. The van der Waals surface area contributed by atoms with Crippen molar-refractivity contribution in [2.75, 3.05) is 0 Å². The van der Waals surface area contributed by atoms with Gasteiger partial charge in [0, 0.05) is 18.1 Å². The Kier molecular flexibility index (Phi) is 3.38. The number of thiocarbonyl (C=S) groups is 1. The van der Waals surface area contributed by atoms with Crippen molar-refractivity contribution >= 4 is 29.0 Å². The van der Waals surface area contributed by atoms with Crippen LogP contribution in [-0.2, 0) is 4.79 Å². The third-order valence-electron chi connectivity index (χ3n) is 2.52. The molecule has 1 aliphatic heterocycles. The minimum Gasteiger partial charge on any atom is -0.379 e. The van der Waals surface area contributed by atoms with E-state index in [2.05, 4.69) is 33.8 Å². The van der Waals surface area contributed by atoms with Gasteiger partial charge in [0.25, 0.3) is 5.91 Å². The molecule has 6 heteroatoms. The molecule has 1 heterocycles. The van der Waals surface area contributed by atoms with Gasteiger partial charge in [0.15, 0.2) is 11.6 Å². The summed E-state index contributed by atoms with van der Waals surface area (Å²) in [6.45, 7) is 0. The highest BCUT2D eigenvalue weighted by Crippen LogP contribution is 2.36. The van der Waals surface area contributed by atoms with Crippen LogP contribution < -0.4 is 10.3 Å². The van der Waals surface area contributed by atoms with E-state index in [1.807, 2.05) is 0 Å². The number of benzene rings is 1. The Hall–Kier alpha value is -2.22. The molecule has 0 aromatic heterocycles. The molecule has 0 spiro atoms. The highest BCUT2D eigenvalue weighted by molar-refractivity contribution is 7.78. The van der Waals surface area contributed by atoms with E-state index >= 15 is 0 Å². The third-order valence-corrected chi connectivity index (χ3v) is 2.61. The van der Waals surface area contributed by atoms with Crippen molar-refractivity contribution in [3.05, 3.63) is 23.5 Å². The van der Waals surface area contributed by atoms with E-state index < -0.39 is 11.7 Å². The Morgan fingerprint density at radius 2 is 2.39 bits per heavy atom. The second kappa shape index (κ2) is 4.96. The molecule has 4 nitrogen and oxygen atoms in total. The number of hydrogen-bond acceptors (Lipinski definition) is 4. The lowest BCUT2D eigenvalue weighted by molar-refractivity contribution is -0.130. The molecular weight excluding hydrogens is 255 g/mol. The molecule has 18 heavy (non-hydrogen) atoms. The maximum absolute atomic E-state index is 13.6. The molecule has 0 bridgehead atoms. The van der Waals surface area contributed by atoms with Crippen LogP contribution in [0.3, 0.4) is 0 Å². The first-order valence-corrected chi connectivity index (χ1v) is 5.39. The number of rotatable bonds is 2. The third kappa shape index (κ3) is 2.09. The molecular formula is C12H7FN2O2S. The summed E-state index contributed by atoms with van der Waals surface area (Å²) in [7, 11) is 0. The second-order valence-electron chi connectivity index (χ2n) is 3.57. The van der Waals surface area contributed by atoms with Gasteiger partial charge in [-0.3, -0.25) is 4.79 Å². The zero-order chi connectivity index (χ0) is 13.1. The largest absolute Gasteiger partial charge is 0.379 e. The summed E-state index contributed by atoms with van der Waals surface area (Å²) in [6, 6.07) is 2.52. The predicted molar refractivity (Wildman–Crippen MR) is 66.0 cm³/mol. The van der Waals surface area contributed by atoms with E-state index in [9.17, 15) is 9.18 Å². The van der Waals surface area contributed by atoms with E-state index in [0.717, 1.165) is 6.07 Å². The monoisotopic (exact) mass is 262 g/mol. The molecule has 0 saturated heterocycles. The van der Waals surface area contributed by atoms with Crippen molar-refractivity contribution in [2.24, 2.45) is 4.99 Å². The molecule has 1 aromatic rings. The molecule has 0 aliphatic carbocycles. The predicted octanol–water partition coefficient (Wildman–Crippen LogP) is 2.09. The van der Waals surface area contributed by atoms with Crippen LogP contribution in [0.5, 0.6) is 5.75 Å². The van der Waals surface area contributed by atoms with Crippen LogP contribution in [0.15, 0.2) is 17.1 Å². The van der Waals surface area contributed by atoms with E-state index in [-0.39, 0.29) is 23.8 Å². The normalized spacial score (nSPS) is 16.7. The number of terminal acetylenes is 1. The molecule has 1 atom stereocenters. The van der Waals surface area contributed by atoms with Crippen molar-refractivity contribution in [3.8, 4) is 18.1 Å². The van der Waals surface area contributed by atoms with Crippen molar-refractivity contribution < 1.29 is 14.0 Å². The number of halogens is 1. The summed E-state index contributed by atoms with van der Waals surface area (Å²) >= 11 is 4.43. The van der Waals surface area contributed by atoms with Gasteiger partial charge in [-0.1, -0.05) is 0 Å². The lowest BCUT2D eigenvalue weighted by Crippen LogP contribution is -2.36. The molecule has 1 N–H and O–H groups in total. The van der Waals surface area contributed by atoms with Gasteiger partial charge >= 0.3 is 0 Å². The number of hydrogen-bond donors (Lipinski definition) is 1. The number of aliphatic imine (C=N–C) groups is 1. The van der Waals surface area contributed by atoms with Crippen LogP contribution >= 0.6 is 12.2 Å². The van der Waals surface area contributed by atoms with E-state index in [0.29, 0.717) is 5.56 Å². The van der Waals surface area contributed by atoms with Gasteiger partial charge in [-0.15, -0.1) is 12.3 Å². The van der Waals surface area contributed by atoms with E-state index in [1.54, 1.807) is 0 Å². The molecule has 1 unspecified atom stereocenters. The Morgan fingerprint density at radius 1 is 1.61 bits per heavy atom. The Bertz CT molecular complexity index is 603. The SMILES string of the molecule is C#CCC1C(=O)NOc2cc(F)c(N=C=S)cc21. The number of carbonyl (C=O) groups is 1. The lowest BCUT2D eigenvalue weighted by atomic mass is 9.93. The second-order valence-corrected chi connectivity index (χ2v) is 3.76. The summed E-state index contributed by atoms with van der Waals surface area (Å²) in [6.07, 6.45) is 5.40. The number of carbonyl (C=O) groups excluding carboxylic acids is 1. The Morgan fingerprint density at radius 3 is 3.06 bits per heavy atom. The molecule has 0 radical (unpaired) electrons. The average Bonchev–Trinajstić information content (AvgIpc) is 2.35. The van der Waals surface area contributed by atoms with Crippen LogP contribution in [0, 0.1) is 18.2 Å². The van der Waals surface area contributed by atoms with Crippen LogP contribution in [0.4, 0.5) is 10.1 Å². The van der Waals surface area contributed by atoms with Gasteiger partial charge in [-0.2, -0.15) is 10.5 Å².